The molecule has 19 heavy (non-hydrogen) atoms. The van der Waals surface area contributed by atoms with Gasteiger partial charge in [0, 0.05) is 18.2 Å². The smallest absolute Gasteiger partial charge is 0.0510 e. The van der Waals surface area contributed by atoms with Crippen LogP contribution in [0, 0.1) is 0 Å². The molecule has 1 aliphatic rings. The second-order valence-corrected chi connectivity index (χ2v) is 5.45. The first kappa shape index (κ1) is 12.4. The van der Waals surface area contributed by atoms with E-state index in [2.05, 4.69) is 35.3 Å². The maximum Gasteiger partial charge on any atom is 0.0510 e. The number of pyridine rings is 1. The lowest BCUT2D eigenvalue weighted by Crippen LogP contribution is -2.13. The van der Waals surface area contributed by atoms with Gasteiger partial charge in [-0.25, -0.2) is 0 Å². The molecule has 0 saturated heterocycles. The summed E-state index contributed by atoms with van der Waals surface area (Å²) in [5.41, 5.74) is 11.1. The molecule has 0 radical (unpaired) electrons. The standard InChI is InChI=1S/C17H20N2/c1-12(18)13-7-9-14(10-8-13)16-6-2-4-15-5-3-11-19-17(15)16/h3,5,7-12,16H,2,4,6,18H2,1H3. The number of fused-ring (bicyclic) bond motifs is 1. The average molecular weight is 252 g/mol. The van der Waals surface area contributed by atoms with Crippen molar-refractivity contribution in [2.24, 2.45) is 5.73 Å². The van der Waals surface area contributed by atoms with Gasteiger partial charge >= 0.3 is 0 Å². The highest BCUT2D eigenvalue weighted by Crippen LogP contribution is 2.35. The van der Waals surface area contributed by atoms with Crippen LogP contribution in [0.1, 0.15) is 54.1 Å². The Hall–Kier alpha value is -1.67. The van der Waals surface area contributed by atoms with E-state index in [0.29, 0.717) is 5.92 Å². The van der Waals surface area contributed by atoms with Gasteiger partial charge in [0.25, 0.3) is 0 Å². The maximum absolute atomic E-state index is 5.91. The largest absolute Gasteiger partial charge is 0.324 e. The third-order valence-electron chi connectivity index (χ3n) is 4.06. The molecule has 2 heteroatoms. The third-order valence-corrected chi connectivity index (χ3v) is 4.06. The second-order valence-electron chi connectivity index (χ2n) is 5.45. The highest BCUT2D eigenvalue weighted by Gasteiger charge is 2.22. The highest BCUT2D eigenvalue weighted by molar-refractivity contribution is 5.37. The lowest BCUT2D eigenvalue weighted by Gasteiger charge is -2.24. The Kier molecular flexibility index (Phi) is 3.34. The van der Waals surface area contributed by atoms with E-state index in [1.165, 1.54) is 35.2 Å². The van der Waals surface area contributed by atoms with Crippen molar-refractivity contribution in [3.63, 3.8) is 0 Å². The van der Waals surface area contributed by atoms with Crippen LogP contribution >= 0.6 is 0 Å². The van der Waals surface area contributed by atoms with E-state index >= 15 is 0 Å². The molecule has 0 aliphatic heterocycles. The van der Waals surface area contributed by atoms with Gasteiger partial charge in [0.1, 0.15) is 0 Å². The molecule has 1 aliphatic carbocycles. The summed E-state index contributed by atoms with van der Waals surface area (Å²) < 4.78 is 0. The van der Waals surface area contributed by atoms with Crippen LogP contribution < -0.4 is 5.73 Å². The first-order valence-corrected chi connectivity index (χ1v) is 7.05. The van der Waals surface area contributed by atoms with Crippen molar-refractivity contribution in [1.29, 1.82) is 0 Å². The Morgan fingerprint density at radius 2 is 2.00 bits per heavy atom. The molecule has 98 valence electrons. The first-order valence-electron chi connectivity index (χ1n) is 7.05. The van der Waals surface area contributed by atoms with E-state index in [0.717, 1.165) is 6.42 Å². The summed E-state index contributed by atoms with van der Waals surface area (Å²) >= 11 is 0. The fourth-order valence-corrected chi connectivity index (χ4v) is 2.97. The molecule has 0 spiro atoms. The van der Waals surface area contributed by atoms with Crippen molar-refractivity contribution >= 4 is 0 Å². The zero-order chi connectivity index (χ0) is 13.2. The predicted octanol–water partition coefficient (Wildman–Crippen LogP) is 3.57. The number of hydrogen-bond acceptors (Lipinski definition) is 2. The molecule has 2 unspecified atom stereocenters. The lowest BCUT2D eigenvalue weighted by molar-refractivity contribution is 0.598. The molecule has 0 saturated carbocycles. The fourth-order valence-electron chi connectivity index (χ4n) is 2.97. The summed E-state index contributed by atoms with van der Waals surface area (Å²) in [4.78, 5) is 4.61. The summed E-state index contributed by atoms with van der Waals surface area (Å²) in [6.07, 6.45) is 5.52. The van der Waals surface area contributed by atoms with Crippen molar-refractivity contribution in [3.05, 3.63) is 65.0 Å². The minimum Gasteiger partial charge on any atom is -0.324 e. The van der Waals surface area contributed by atoms with Crippen molar-refractivity contribution in [3.8, 4) is 0 Å². The third kappa shape index (κ3) is 2.41. The molecule has 0 amide bonds. The van der Waals surface area contributed by atoms with Crippen molar-refractivity contribution in [1.82, 2.24) is 4.98 Å². The quantitative estimate of drug-likeness (QED) is 0.887. The van der Waals surface area contributed by atoms with E-state index in [-0.39, 0.29) is 6.04 Å². The molecule has 2 nitrogen and oxygen atoms in total. The number of rotatable bonds is 2. The minimum absolute atomic E-state index is 0.103. The van der Waals surface area contributed by atoms with E-state index in [4.69, 9.17) is 5.73 Å². The number of hydrogen-bond donors (Lipinski definition) is 1. The van der Waals surface area contributed by atoms with Crippen molar-refractivity contribution in [2.75, 3.05) is 0 Å². The van der Waals surface area contributed by atoms with Crippen LogP contribution in [0.4, 0.5) is 0 Å². The summed E-state index contributed by atoms with van der Waals surface area (Å²) in [5.74, 6) is 0.451. The molecular weight excluding hydrogens is 232 g/mol. The zero-order valence-corrected chi connectivity index (χ0v) is 11.3. The van der Waals surface area contributed by atoms with Gasteiger partial charge in [0.05, 0.1) is 5.69 Å². The van der Waals surface area contributed by atoms with E-state index in [9.17, 15) is 0 Å². The van der Waals surface area contributed by atoms with Gasteiger partial charge in [0.2, 0.25) is 0 Å². The normalized spacial score (nSPS) is 19.8. The summed E-state index contributed by atoms with van der Waals surface area (Å²) in [6.45, 7) is 2.02. The number of nitrogens with zero attached hydrogens (tertiary/aromatic N) is 1. The zero-order valence-electron chi connectivity index (χ0n) is 11.3. The number of nitrogens with two attached hydrogens (primary N) is 1. The molecule has 2 N–H and O–H groups in total. The summed E-state index contributed by atoms with van der Waals surface area (Å²) in [6, 6.07) is 13.1. The molecule has 3 rings (SSSR count). The molecule has 0 fully saturated rings. The van der Waals surface area contributed by atoms with Gasteiger partial charge in [-0.3, -0.25) is 4.98 Å². The maximum atomic E-state index is 5.91. The average Bonchev–Trinajstić information content (AvgIpc) is 2.47. The van der Waals surface area contributed by atoms with E-state index in [1.54, 1.807) is 0 Å². The Balaban J connectivity index is 1.95. The van der Waals surface area contributed by atoms with Crippen molar-refractivity contribution < 1.29 is 0 Å². The van der Waals surface area contributed by atoms with Crippen molar-refractivity contribution in [2.45, 2.75) is 38.1 Å². The van der Waals surface area contributed by atoms with Gasteiger partial charge in [-0.2, -0.15) is 0 Å². The molecular formula is C17H20N2. The van der Waals surface area contributed by atoms with E-state index in [1.807, 2.05) is 19.2 Å². The lowest BCUT2D eigenvalue weighted by atomic mass is 9.82. The predicted molar refractivity (Wildman–Crippen MR) is 78.1 cm³/mol. The van der Waals surface area contributed by atoms with Gasteiger partial charge in [-0.1, -0.05) is 30.3 Å². The van der Waals surface area contributed by atoms with Crippen LogP contribution in [0.15, 0.2) is 42.6 Å². The molecule has 0 bridgehead atoms. The number of aryl methyl sites for hydroxylation is 1. The Labute approximate surface area is 114 Å². The van der Waals surface area contributed by atoms with Crippen LogP contribution in [-0.2, 0) is 6.42 Å². The van der Waals surface area contributed by atoms with Gasteiger partial charge in [0.15, 0.2) is 0 Å². The summed E-state index contributed by atoms with van der Waals surface area (Å²) in [5, 5.41) is 0. The monoisotopic (exact) mass is 252 g/mol. The molecule has 1 heterocycles. The van der Waals surface area contributed by atoms with E-state index < -0.39 is 0 Å². The summed E-state index contributed by atoms with van der Waals surface area (Å²) in [7, 11) is 0. The molecule has 1 aromatic carbocycles. The molecule has 1 aromatic heterocycles. The van der Waals surface area contributed by atoms with Crippen LogP contribution in [-0.4, -0.2) is 4.98 Å². The fraction of sp³-hybridized carbons (Fsp3) is 0.353. The Morgan fingerprint density at radius 1 is 1.21 bits per heavy atom. The van der Waals surface area contributed by atoms with Crippen LogP contribution in [0.3, 0.4) is 0 Å². The van der Waals surface area contributed by atoms with Gasteiger partial charge < -0.3 is 5.73 Å². The number of benzene rings is 1. The minimum atomic E-state index is 0.103. The van der Waals surface area contributed by atoms with Gasteiger partial charge in [-0.15, -0.1) is 0 Å². The topological polar surface area (TPSA) is 38.9 Å². The van der Waals surface area contributed by atoms with Crippen LogP contribution in [0.2, 0.25) is 0 Å². The first-order chi connectivity index (χ1) is 9.25. The van der Waals surface area contributed by atoms with Gasteiger partial charge in [-0.05, 0) is 48.9 Å². The van der Waals surface area contributed by atoms with Crippen LogP contribution in [0.5, 0.6) is 0 Å². The molecule has 2 atom stereocenters. The Morgan fingerprint density at radius 3 is 2.74 bits per heavy atom. The molecule has 2 aromatic rings. The highest BCUT2D eigenvalue weighted by atomic mass is 14.7. The number of aromatic nitrogens is 1. The second kappa shape index (κ2) is 5.14. The Bertz CT molecular complexity index is 558. The SMILES string of the molecule is CC(N)c1ccc(C2CCCc3cccnc32)cc1. The van der Waals surface area contributed by atoms with Crippen LogP contribution in [0.25, 0.3) is 0 Å².